The number of hydrogen-bond acceptors (Lipinski definition) is 4. The zero-order valence-electron chi connectivity index (χ0n) is 22.5. The number of oxazole rings is 1. The number of hydrogen-bond donors (Lipinski definition) is 1. The first-order valence-corrected chi connectivity index (χ1v) is 14.7. The van der Waals surface area contributed by atoms with Gasteiger partial charge in [0.2, 0.25) is 11.8 Å². The van der Waals surface area contributed by atoms with Crippen LogP contribution in [0.15, 0.2) is 65.5 Å². The zero-order valence-corrected chi connectivity index (χ0v) is 22.5. The van der Waals surface area contributed by atoms with Crippen molar-refractivity contribution in [1.82, 2.24) is 9.88 Å². The maximum absolute atomic E-state index is 13.7. The minimum atomic E-state index is -0.0712. The summed E-state index contributed by atoms with van der Waals surface area (Å²) in [6, 6.07) is 16.4. The Hall–Kier alpha value is -3.41. The summed E-state index contributed by atoms with van der Waals surface area (Å²) in [6.07, 6.45) is 13.5. The summed E-state index contributed by atoms with van der Waals surface area (Å²) in [5.41, 5.74) is 4.35. The molecule has 1 N–H and O–H groups in total. The van der Waals surface area contributed by atoms with Crippen LogP contribution in [0, 0.1) is 11.3 Å². The Morgan fingerprint density at radius 2 is 1.74 bits per heavy atom. The van der Waals surface area contributed by atoms with Gasteiger partial charge in [-0.3, -0.25) is 9.59 Å². The van der Waals surface area contributed by atoms with E-state index in [1.165, 1.54) is 36.8 Å². The number of fused-ring (bicyclic) bond motifs is 5. The number of aromatic nitrogens is 1. The van der Waals surface area contributed by atoms with Crippen molar-refractivity contribution in [3.05, 3.63) is 72.2 Å². The molecule has 4 aliphatic carbocycles. The summed E-state index contributed by atoms with van der Waals surface area (Å²) >= 11 is 0. The lowest BCUT2D eigenvalue weighted by Crippen LogP contribution is -2.52. The fourth-order valence-corrected chi connectivity index (χ4v) is 8.27. The van der Waals surface area contributed by atoms with Gasteiger partial charge in [0, 0.05) is 36.2 Å². The van der Waals surface area contributed by atoms with Crippen molar-refractivity contribution in [3.8, 4) is 11.3 Å². The molecule has 2 bridgehead atoms. The standard InChI is InChI=1S/C33H37N3O3/c37-30(35-26-5-3-4-24(18-26)29-21-34-22-39-29)19-25-20-33(28-7-2-1-6-27(25)28)14-16-36(17-15-33)31(38)32-11-8-23(9-12-32)10-13-32/h1-7,18,21-23,25H,8-17,19-20H2,(H,35,37). The molecule has 39 heavy (non-hydrogen) atoms. The van der Waals surface area contributed by atoms with Crippen LogP contribution < -0.4 is 5.32 Å². The highest BCUT2D eigenvalue weighted by atomic mass is 16.3. The summed E-state index contributed by atoms with van der Waals surface area (Å²) in [7, 11) is 0. The van der Waals surface area contributed by atoms with E-state index in [4.69, 9.17) is 4.42 Å². The average molecular weight is 524 g/mol. The zero-order chi connectivity index (χ0) is 26.5. The van der Waals surface area contributed by atoms with Crippen molar-refractivity contribution in [3.63, 3.8) is 0 Å². The third kappa shape index (κ3) is 4.38. The maximum atomic E-state index is 13.7. The van der Waals surface area contributed by atoms with Gasteiger partial charge >= 0.3 is 0 Å². The van der Waals surface area contributed by atoms with Crippen LogP contribution in [0.2, 0.25) is 0 Å². The van der Waals surface area contributed by atoms with E-state index < -0.39 is 0 Å². The molecule has 5 aliphatic rings. The molecule has 2 heterocycles. The molecule has 1 saturated heterocycles. The summed E-state index contributed by atoms with van der Waals surface area (Å²) in [5, 5.41) is 3.11. The number of benzene rings is 2. The largest absolute Gasteiger partial charge is 0.444 e. The van der Waals surface area contributed by atoms with E-state index in [-0.39, 0.29) is 22.7 Å². The van der Waals surface area contributed by atoms with Crippen molar-refractivity contribution < 1.29 is 14.0 Å². The number of amides is 2. The summed E-state index contributed by atoms with van der Waals surface area (Å²) in [4.78, 5) is 33.1. The fourth-order valence-electron chi connectivity index (χ4n) is 8.27. The minimum absolute atomic E-state index is 0.0289. The average Bonchev–Trinajstić information content (AvgIpc) is 3.62. The van der Waals surface area contributed by atoms with Gasteiger partial charge in [0.15, 0.2) is 12.2 Å². The van der Waals surface area contributed by atoms with E-state index in [1.54, 1.807) is 6.20 Å². The molecule has 2 aromatic carbocycles. The normalized spacial score (nSPS) is 26.9. The third-order valence-corrected chi connectivity index (χ3v) is 10.5. The van der Waals surface area contributed by atoms with Gasteiger partial charge in [-0.15, -0.1) is 0 Å². The van der Waals surface area contributed by atoms with Crippen LogP contribution in [0.4, 0.5) is 5.69 Å². The van der Waals surface area contributed by atoms with Crippen LogP contribution in [0.1, 0.15) is 81.3 Å². The SMILES string of the molecule is O=C(CC1CC2(CCN(C(=O)C34CCC(CC3)CC4)CC2)c2ccccc21)Nc1cccc(-c2cnco2)c1. The number of rotatable bonds is 5. The molecule has 1 unspecified atom stereocenters. The van der Waals surface area contributed by atoms with Crippen LogP contribution in [0.5, 0.6) is 0 Å². The molecule has 3 aromatic rings. The number of carbonyl (C=O) groups excluding carboxylic acids is 2. The van der Waals surface area contributed by atoms with Crippen molar-refractivity contribution >= 4 is 17.5 Å². The van der Waals surface area contributed by atoms with Gasteiger partial charge in [-0.25, -0.2) is 4.98 Å². The minimum Gasteiger partial charge on any atom is -0.444 e. The first-order chi connectivity index (χ1) is 19.0. The second-order valence-corrected chi connectivity index (χ2v) is 12.5. The Kier molecular flexibility index (Phi) is 6.09. The molecule has 6 heteroatoms. The first-order valence-electron chi connectivity index (χ1n) is 14.7. The summed E-state index contributed by atoms with van der Waals surface area (Å²) < 4.78 is 5.41. The topological polar surface area (TPSA) is 75.4 Å². The van der Waals surface area contributed by atoms with Crippen LogP contribution in [0.25, 0.3) is 11.3 Å². The Balaban J connectivity index is 1.03. The lowest BCUT2D eigenvalue weighted by atomic mass is 9.60. The lowest BCUT2D eigenvalue weighted by molar-refractivity contribution is -0.150. The van der Waals surface area contributed by atoms with Crippen molar-refractivity contribution in [2.45, 2.75) is 75.5 Å². The number of likely N-dealkylation sites (tertiary alicyclic amines) is 1. The Bertz CT molecular complexity index is 1350. The van der Waals surface area contributed by atoms with Gasteiger partial charge in [-0.2, -0.15) is 0 Å². The van der Waals surface area contributed by atoms with E-state index in [0.29, 0.717) is 18.1 Å². The number of carbonyl (C=O) groups is 2. The summed E-state index contributed by atoms with van der Waals surface area (Å²) in [6.45, 7) is 1.68. The second kappa shape index (κ2) is 9.65. The number of anilines is 1. The van der Waals surface area contributed by atoms with Gasteiger partial charge in [0.05, 0.1) is 6.20 Å². The highest BCUT2D eigenvalue weighted by Crippen LogP contribution is 2.55. The molecule has 3 saturated carbocycles. The second-order valence-electron chi connectivity index (χ2n) is 12.5. The highest BCUT2D eigenvalue weighted by molar-refractivity contribution is 5.92. The van der Waals surface area contributed by atoms with Gasteiger partial charge < -0.3 is 14.6 Å². The number of nitrogens with zero attached hydrogens (tertiary/aromatic N) is 2. The Morgan fingerprint density at radius 3 is 2.49 bits per heavy atom. The first kappa shape index (κ1) is 24.6. The fraction of sp³-hybridized carbons (Fsp3) is 0.485. The third-order valence-electron chi connectivity index (χ3n) is 10.5. The van der Waals surface area contributed by atoms with E-state index in [9.17, 15) is 9.59 Å². The number of piperidine rings is 1. The molecule has 1 aromatic heterocycles. The molecular weight excluding hydrogens is 486 g/mol. The molecule has 2 amide bonds. The molecular formula is C33H37N3O3. The quantitative estimate of drug-likeness (QED) is 0.404. The smallest absolute Gasteiger partial charge is 0.228 e. The van der Waals surface area contributed by atoms with E-state index in [1.807, 2.05) is 24.3 Å². The van der Waals surface area contributed by atoms with Gasteiger partial charge in [-0.1, -0.05) is 36.4 Å². The Labute approximate surface area is 230 Å². The number of nitrogens with one attached hydrogen (secondary N) is 1. The van der Waals surface area contributed by atoms with Gasteiger partial charge in [0.25, 0.3) is 0 Å². The molecule has 4 fully saturated rings. The highest BCUT2D eigenvalue weighted by Gasteiger charge is 2.50. The molecule has 6 nitrogen and oxygen atoms in total. The lowest BCUT2D eigenvalue weighted by Gasteiger charge is -2.49. The van der Waals surface area contributed by atoms with Crippen molar-refractivity contribution in [1.29, 1.82) is 0 Å². The van der Waals surface area contributed by atoms with Gasteiger partial charge in [-0.05, 0) is 98.3 Å². The maximum Gasteiger partial charge on any atom is 0.228 e. The molecule has 8 rings (SSSR count). The van der Waals surface area contributed by atoms with Crippen molar-refractivity contribution in [2.75, 3.05) is 18.4 Å². The predicted molar refractivity (Wildman–Crippen MR) is 150 cm³/mol. The van der Waals surface area contributed by atoms with Gasteiger partial charge in [0.1, 0.15) is 0 Å². The van der Waals surface area contributed by atoms with Crippen molar-refractivity contribution in [2.24, 2.45) is 11.3 Å². The van der Waals surface area contributed by atoms with Crippen LogP contribution >= 0.6 is 0 Å². The van der Waals surface area contributed by atoms with Crippen LogP contribution in [-0.4, -0.2) is 34.8 Å². The van der Waals surface area contributed by atoms with Crippen LogP contribution in [0.3, 0.4) is 0 Å². The monoisotopic (exact) mass is 523 g/mol. The van der Waals surface area contributed by atoms with E-state index in [2.05, 4.69) is 39.5 Å². The summed E-state index contributed by atoms with van der Waals surface area (Å²) in [5.74, 6) is 2.20. The van der Waals surface area contributed by atoms with E-state index >= 15 is 0 Å². The predicted octanol–water partition coefficient (Wildman–Crippen LogP) is 6.69. The Morgan fingerprint density at radius 1 is 0.974 bits per heavy atom. The molecule has 1 aliphatic heterocycles. The molecule has 1 spiro atoms. The van der Waals surface area contributed by atoms with E-state index in [0.717, 1.165) is 68.8 Å². The van der Waals surface area contributed by atoms with Crippen LogP contribution in [-0.2, 0) is 15.0 Å². The molecule has 202 valence electrons. The molecule has 1 atom stereocenters. The molecule has 0 radical (unpaired) electrons.